The summed E-state index contributed by atoms with van der Waals surface area (Å²) in [5, 5.41) is 2.41. The van der Waals surface area contributed by atoms with Crippen LogP contribution in [0.25, 0.3) is 16.8 Å². The van der Waals surface area contributed by atoms with Gasteiger partial charge in [-0.15, -0.1) is 0 Å². The number of pyridine rings is 1. The standard InChI is InChI=1S/C29H25F3N6O3/c1-3-5-24(39)37-13-11-20(17-37)27-36-26(22-15-33-16-25(38(22)27)41-4-2)18-6-8-19(9-7-18)28(40)35-23-14-21(10-12-34-23)29(30,31)32/h6-10,12,14-16,20H,4,11,13,17H2,1-2H3,(H,34,35,40)/t20-/m1/s1. The second kappa shape index (κ2) is 11.3. The molecular weight excluding hydrogens is 537 g/mol. The number of amides is 2. The molecule has 4 heterocycles. The zero-order valence-electron chi connectivity index (χ0n) is 22.2. The summed E-state index contributed by atoms with van der Waals surface area (Å²) in [7, 11) is 0. The van der Waals surface area contributed by atoms with Gasteiger partial charge in [0.25, 0.3) is 11.8 Å². The van der Waals surface area contributed by atoms with Gasteiger partial charge in [-0.1, -0.05) is 18.1 Å². The number of nitrogens with one attached hydrogen (secondary N) is 1. The van der Waals surface area contributed by atoms with Crippen molar-refractivity contribution >= 4 is 23.1 Å². The summed E-state index contributed by atoms with van der Waals surface area (Å²) >= 11 is 0. The molecule has 0 aliphatic carbocycles. The van der Waals surface area contributed by atoms with Crippen LogP contribution in [0, 0.1) is 11.8 Å². The number of nitrogens with zero attached hydrogens (tertiary/aromatic N) is 5. The lowest BCUT2D eigenvalue weighted by molar-refractivity contribution is -0.137. The number of fused-ring (bicyclic) bond motifs is 1. The van der Waals surface area contributed by atoms with Crippen LogP contribution in [-0.4, -0.2) is 55.8 Å². The van der Waals surface area contributed by atoms with E-state index < -0.39 is 17.6 Å². The average Bonchev–Trinajstić information content (AvgIpc) is 3.59. The third-order valence-electron chi connectivity index (χ3n) is 6.66. The maximum atomic E-state index is 13.0. The third-order valence-corrected chi connectivity index (χ3v) is 6.66. The van der Waals surface area contributed by atoms with Crippen LogP contribution in [0.3, 0.4) is 0 Å². The number of imidazole rings is 1. The molecule has 0 saturated carbocycles. The van der Waals surface area contributed by atoms with Crippen LogP contribution in [0.2, 0.25) is 0 Å². The monoisotopic (exact) mass is 562 g/mol. The van der Waals surface area contributed by atoms with Crippen LogP contribution in [-0.2, 0) is 11.0 Å². The van der Waals surface area contributed by atoms with Crippen molar-refractivity contribution in [3.05, 3.63) is 71.9 Å². The van der Waals surface area contributed by atoms with E-state index in [2.05, 4.69) is 27.1 Å². The van der Waals surface area contributed by atoms with Gasteiger partial charge in [0.05, 0.1) is 35.8 Å². The van der Waals surface area contributed by atoms with Crippen LogP contribution in [0.15, 0.2) is 55.0 Å². The van der Waals surface area contributed by atoms with Gasteiger partial charge in [-0.05, 0) is 50.5 Å². The number of rotatable bonds is 6. The molecule has 1 aliphatic rings. The van der Waals surface area contributed by atoms with Crippen LogP contribution in [0.1, 0.15) is 47.9 Å². The number of anilines is 1. The normalized spacial score (nSPS) is 15.0. The summed E-state index contributed by atoms with van der Waals surface area (Å²) in [5.74, 6) is 5.37. The highest BCUT2D eigenvalue weighted by atomic mass is 19.4. The largest absolute Gasteiger partial charge is 0.478 e. The van der Waals surface area contributed by atoms with E-state index in [1.807, 2.05) is 11.3 Å². The minimum Gasteiger partial charge on any atom is -0.478 e. The average molecular weight is 563 g/mol. The fraction of sp³-hybridized carbons (Fsp3) is 0.276. The number of halogens is 3. The molecule has 9 nitrogen and oxygen atoms in total. The molecule has 210 valence electrons. The van der Waals surface area contributed by atoms with E-state index in [9.17, 15) is 22.8 Å². The Kier molecular flexibility index (Phi) is 7.61. The van der Waals surface area contributed by atoms with Crippen molar-refractivity contribution in [2.45, 2.75) is 32.4 Å². The van der Waals surface area contributed by atoms with Crippen molar-refractivity contribution in [3.63, 3.8) is 0 Å². The van der Waals surface area contributed by atoms with Crippen molar-refractivity contribution in [2.75, 3.05) is 25.0 Å². The van der Waals surface area contributed by atoms with Crippen LogP contribution in [0.4, 0.5) is 19.0 Å². The molecule has 1 N–H and O–H groups in total. The van der Waals surface area contributed by atoms with Gasteiger partial charge >= 0.3 is 6.18 Å². The number of carbonyl (C=O) groups is 2. The molecular formula is C29H25F3N6O3. The first kappa shape index (κ1) is 27.6. The lowest BCUT2D eigenvalue weighted by Gasteiger charge is -2.14. The quantitative estimate of drug-likeness (QED) is 0.339. The third kappa shape index (κ3) is 5.70. The molecule has 1 saturated heterocycles. The highest BCUT2D eigenvalue weighted by molar-refractivity contribution is 6.04. The van der Waals surface area contributed by atoms with Crippen molar-refractivity contribution < 1.29 is 27.5 Å². The molecule has 5 rings (SSSR count). The Bertz CT molecular complexity index is 1670. The highest BCUT2D eigenvalue weighted by Crippen LogP contribution is 2.35. The molecule has 2 amide bonds. The van der Waals surface area contributed by atoms with E-state index >= 15 is 0 Å². The first-order valence-corrected chi connectivity index (χ1v) is 12.9. The van der Waals surface area contributed by atoms with Gasteiger partial charge in [0, 0.05) is 36.3 Å². The number of aromatic nitrogens is 4. The van der Waals surface area contributed by atoms with Gasteiger partial charge < -0.3 is 15.0 Å². The highest BCUT2D eigenvalue weighted by Gasteiger charge is 2.32. The summed E-state index contributed by atoms with van der Waals surface area (Å²) in [6, 6.07) is 8.13. The van der Waals surface area contributed by atoms with Crippen LogP contribution >= 0.6 is 0 Å². The fourth-order valence-electron chi connectivity index (χ4n) is 4.75. The summed E-state index contributed by atoms with van der Waals surface area (Å²) in [4.78, 5) is 39.9. The number of hydrogen-bond donors (Lipinski definition) is 1. The molecule has 1 aliphatic heterocycles. The van der Waals surface area contributed by atoms with Gasteiger partial charge in [0.15, 0.2) is 0 Å². The molecule has 1 aromatic carbocycles. The second-order valence-electron chi connectivity index (χ2n) is 9.29. The number of alkyl halides is 3. The first-order valence-electron chi connectivity index (χ1n) is 12.9. The maximum Gasteiger partial charge on any atom is 0.416 e. The Morgan fingerprint density at radius 1 is 1.17 bits per heavy atom. The number of likely N-dealkylation sites (tertiary alicyclic amines) is 1. The van der Waals surface area contributed by atoms with Crippen LogP contribution in [0.5, 0.6) is 5.88 Å². The van der Waals surface area contributed by atoms with Gasteiger partial charge in [-0.25, -0.2) is 9.97 Å². The maximum absolute atomic E-state index is 13.0. The van der Waals surface area contributed by atoms with Gasteiger partial charge in [0.1, 0.15) is 11.6 Å². The Morgan fingerprint density at radius 2 is 1.95 bits per heavy atom. The zero-order valence-corrected chi connectivity index (χ0v) is 22.2. The second-order valence-corrected chi connectivity index (χ2v) is 9.29. The number of hydrogen-bond acceptors (Lipinski definition) is 6. The molecule has 1 atom stereocenters. The van der Waals surface area contributed by atoms with E-state index in [0.717, 1.165) is 24.2 Å². The molecule has 1 fully saturated rings. The van der Waals surface area contributed by atoms with E-state index in [0.29, 0.717) is 48.8 Å². The van der Waals surface area contributed by atoms with E-state index in [-0.39, 0.29) is 23.2 Å². The minimum absolute atomic E-state index is 0.0644. The molecule has 4 aromatic rings. The molecule has 0 bridgehead atoms. The van der Waals surface area contributed by atoms with Crippen molar-refractivity contribution in [1.82, 2.24) is 24.3 Å². The summed E-state index contributed by atoms with van der Waals surface area (Å²) in [5.41, 5.74) is 1.31. The van der Waals surface area contributed by atoms with Crippen molar-refractivity contribution in [3.8, 4) is 29.0 Å². The predicted octanol–water partition coefficient (Wildman–Crippen LogP) is 4.80. The molecule has 0 unspecified atom stereocenters. The van der Waals surface area contributed by atoms with E-state index in [1.54, 1.807) is 48.5 Å². The number of carbonyl (C=O) groups excluding carboxylic acids is 2. The van der Waals surface area contributed by atoms with E-state index in [4.69, 9.17) is 9.72 Å². The smallest absolute Gasteiger partial charge is 0.416 e. The lowest BCUT2D eigenvalue weighted by Crippen LogP contribution is -2.27. The first-order chi connectivity index (χ1) is 19.7. The Hall–Kier alpha value is -4.92. The fourth-order valence-corrected chi connectivity index (χ4v) is 4.75. The molecule has 41 heavy (non-hydrogen) atoms. The molecule has 0 spiro atoms. The Balaban J connectivity index is 1.45. The Morgan fingerprint density at radius 3 is 2.66 bits per heavy atom. The number of ether oxygens (including phenoxy) is 1. The van der Waals surface area contributed by atoms with Gasteiger partial charge in [-0.3, -0.25) is 19.0 Å². The number of benzene rings is 1. The van der Waals surface area contributed by atoms with Crippen LogP contribution < -0.4 is 10.1 Å². The zero-order chi connectivity index (χ0) is 29.1. The minimum atomic E-state index is -4.55. The molecule has 0 radical (unpaired) electrons. The predicted molar refractivity (Wildman–Crippen MR) is 144 cm³/mol. The summed E-state index contributed by atoms with van der Waals surface area (Å²) in [6.07, 6.45) is 0.426. The lowest BCUT2D eigenvalue weighted by atomic mass is 10.1. The van der Waals surface area contributed by atoms with Crippen molar-refractivity contribution in [1.29, 1.82) is 0 Å². The summed E-state index contributed by atoms with van der Waals surface area (Å²) in [6.45, 7) is 4.93. The van der Waals surface area contributed by atoms with Gasteiger partial charge in [0.2, 0.25) is 5.88 Å². The van der Waals surface area contributed by atoms with Crippen molar-refractivity contribution in [2.24, 2.45) is 0 Å². The SMILES string of the molecule is CC#CC(=O)N1CC[C@@H](c2nc(-c3ccc(C(=O)Nc4cc(C(F)(F)F)ccn4)cc3)c3cncc(OCC)n23)C1. The topological polar surface area (TPSA) is 102 Å². The summed E-state index contributed by atoms with van der Waals surface area (Å²) < 4.78 is 46.8. The van der Waals surface area contributed by atoms with E-state index in [1.165, 1.54) is 0 Å². The molecule has 12 heteroatoms. The Labute approximate surface area is 233 Å². The molecule has 3 aromatic heterocycles. The van der Waals surface area contributed by atoms with Gasteiger partial charge in [-0.2, -0.15) is 13.2 Å².